The number of hydrogen-bond acceptors (Lipinski definition) is 5. The summed E-state index contributed by atoms with van der Waals surface area (Å²) in [6.45, 7) is 4.90. The SMILES string of the molecule is CC1CC(CN)CN1c1cnn(CCN(C)C)c(=O)c1Cl. The molecule has 2 N–H and O–H groups in total. The maximum atomic E-state index is 12.3. The number of anilines is 1. The minimum Gasteiger partial charge on any atom is -0.366 e. The van der Waals surface area contributed by atoms with Crippen LogP contribution in [-0.2, 0) is 6.54 Å². The molecule has 0 amide bonds. The Morgan fingerprint density at radius 3 is 2.81 bits per heavy atom. The van der Waals surface area contributed by atoms with Gasteiger partial charge in [-0.2, -0.15) is 5.10 Å². The molecule has 1 aliphatic rings. The molecule has 0 aromatic carbocycles. The first-order chi connectivity index (χ1) is 9.93. The number of aromatic nitrogens is 2. The van der Waals surface area contributed by atoms with Crippen LogP contribution in [0, 0.1) is 5.92 Å². The Labute approximate surface area is 130 Å². The quantitative estimate of drug-likeness (QED) is 0.863. The third-order valence-corrected chi connectivity index (χ3v) is 4.38. The van der Waals surface area contributed by atoms with Crippen LogP contribution >= 0.6 is 11.6 Å². The van der Waals surface area contributed by atoms with E-state index in [2.05, 4.69) is 16.9 Å². The Bertz CT molecular complexity index is 545. The van der Waals surface area contributed by atoms with E-state index in [1.54, 1.807) is 6.20 Å². The fourth-order valence-electron chi connectivity index (χ4n) is 2.76. The van der Waals surface area contributed by atoms with Gasteiger partial charge in [0, 0.05) is 19.1 Å². The molecule has 0 radical (unpaired) electrons. The molecule has 2 atom stereocenters. The van der Waals surface area contributed by atoms with Crippen molar-refractivity contribution in [1.82, 2.24) is 14.7 Å². The van der Waals surface area contributed by atoms with E-state index < -0.39 is 0 Å². The van der Waals surface area contributed by atoms with Crippen molar-refractivity contribution in [3.05, 3.63) is 21.6 Å². The average Bonchev–Trinajstić information content (AvgIpc) is 2.81. The van der Waals surface area contributed by atoms with Crippen LogP contribution in [0.4, 0.5) is 5.69 Å². The minimum atomic E-state index is -0.223. The van der Waals surface area contributed by atoms with Crippen molar-refractivity contribution in [2.24, 2.45) is 11.7 Å². The van der Waals surface area contributed by atoms with Gasteiger partial charge in [-0.25, -0.2) is 4.68 Å². The van der Waals surface area contributed by atoms with Crippen LogP contribution in [0.5, 0.6) is 0 Å². The molecule has 1 aromatic rings. The Kier molecular flexibility index (Phi) is 5.24. The Morgan fingerprint density at radius 2 is 2.24 bits per heavy atom. The Balaban J connectivity index is 2.23. The van der Waals surface area contributed by atoms with Crippen molar-refractivity contribution in [2.75, 3.05) is 38.6 Å². The second-order valence-electron chi connectivity index (χ2n) is 6.01. The first-order valence-electron chi connectivity index (χ1n) is 7.31. The predicted octanol–water partition coefficient (Wildman–Crippen LogP) is 0.632. The maximum absolute atomic E-state index is 12.3. The van der Waals surface area contributed by atoms with E-state index in [0.717, 1.165) is 25.2 Å². The van der Waals surface area contributed by atoms with Crippen LogP contribution in [-0.4, -0.2) is 54.5 Å². The van der Waals surface area contributed by atoms with Gasteiger partial charge < -0.3 is 15.5 Å². The molecule has 1 aromatic heterocycles. The average molecular weight is 314 g/mol. The highest BCUT2D eigenvalue weighted by atomic mass is 35.5. The lowest BCUT2D eigenvalue weighted by atomic mass is 10.1. The predicted molar refractivity (Wildman–Crippen MR) is 86.0 cm³/mol. The molecule has 2 unspecified atom stereocenters. The molecule has 21 heavy (non-hydrogen) atoms. The fraction of sp³-hybridized carbons (Fsp3) is 0.714. The standard InChI is InChI=1S/C14H24ClN5O/c1-10-6-11(7-16)9-19(10)12-8-17-20(5-4-18(2)3)14(21)13(12)15/h8,10-11H,4-7,9,16H2,1-3H3. The molecule has 0 saturated carbocycles. The van der Waals surface area contributed by atoms with Crippen LogP contribution in [0.3, 0.4) is 0 Å². The molecular weight excluding hydrogens is 290 g/mol. The summed E-state index contributed by atoms with van der Waals surface area (Å²) in [7, 11) is 3.92. The van der Waals surface area contributed by atoms with E-state index in [0.29, 0.717) is 25.0 Å². The zero-order valence-corrected chi connectivity index (χ0v) is 13.7. The number of nitrogens with zero attached hydrogens (tertiary/aromatic N) is 4. The molecule has 0 spiro atoms. The topological polar surface area (TPSA) is 67.4 Å². The van der Waals surface area contributed by atoms with E-state index in [9.17, 15) is 4.79 Å². The highest BCUT2D eigenvalue weighted by Gasteiger charge is 2.30. The van der Waals surface area contributed by atoms with Gasteiger partial charge in [0.2, 0.25) is 0 Å². The second-order valence-corrected chi connectivity index (χ2v) is 6.39. The van der Waals surface area contributed by atoms with E-state index in [-0.39, 0.29) is 10.6 Å². The van der Waals surface area contributed by atoms with E-state index in [1.165, 1.54) is 4.68 Å². The number of likely N-dealkylation sites (N-methyl/N-ethyl adjacent to an activating group) is 1. The number of rotatable bonds is 5. The Hall–Kier alpha value is -1.11. The summed E-state index contributed by atoms with van der Waals surface area (Å²) in [5.74, 6) is 0.451. The normalized spacial score (nSPS) is 22.3. The van der Waals surface area contributed by atoms with Crippen molar-refractivity contribution < 1.29 is 0 Å². The first-order valence-corrected chi connectivity index (χ1v) is 7.69. The maximum Gasteiger partial charge on any atom is 0.287 e. The van der Waals surface area contributed by atoms with E-state index in [4.69, 9.17) is 17.3 Å². The van der Waals surface area contributed by atoms with Crippen molar-refractivity contribution in [1.29, 1.82) is 0 Å². The molecule has 7 heteroatoms. The molecular formula is C14H24ClN5O. The van der Waals surface area contributed by atoms with Crippen LogP contribution in [0.2, 0.25) is 5.02 Å². The molecule has 1 fully saturated rings. The molecule has 6 nitrogen and oxygen atoms in total. The van der Waals surface area contributed by atoms with Crippen LogP contribution in [0.25, 0.3) is 0 Å². The number of halogens is 1. The van der Waals surface area contributed by atoms with Crippen molar-refractivity contribution >= 4 is 17.3 Å². The molecule has 1 saturated heterocycles. The van der Waals surface area contributed by atoms with Gasteiger partial charge in [-0.1, -0.05) is 11.6 Å². The van der Waals surface area contributed by atoms with Gasteiger partial charge in [-0.15, -0.1) is 0 Å². The Morgan fingerprint density at radius 1 is 1.52 bits per heavy atom. The largest absolute Gasteiger partial charge is 0.366 e. The second kappa shape index (κ2) is 6.77. The highest BCUT2D eigenvalue weighted by molar-refractivity contribution is 6.33. The minimum absolute atomic E-state index is 0.223. The third kappa shape index (κ3) is 3.56. The third-order valence-electron chi connectivity index (χ3n) is 4.03. The lowest BCUT2D eigenvalue weighted by Gasteiger charge is -2.24. The highest BCUT2D eigenvalue weighted by Crippen LogP contribution is 2.31. The van der Waals surface area contributed by atoms with Crippen LogP contribution < -0.4 is 16.2 Å². The molecule has 0 bridgehead atoms. The zero-order valence-electron chi connectivity index (χ0n) is 12.9. The summed E-state index contributed by atoms with van der Waals surface area (Å²) in [5, 5.41) is 4.52. The van der Waals surface area contributed by atoms with Crippen LogP contribution in [0.1, 0.15) is 13.3 Å². The summed E-state index contributed by atoms with van der Waals surface area (Å²) >= 11 is 6.29. The molecule has 0 aliphatic carbocycles. The zero-order chi connectivity index (χ0) is 15.6. The molecule has 2 heterocycles. The van der Waals surface area contributed by atoms with Crippen LogP contribution in [0.15, 0.2) is 11.0 Å². The van der Waals surface area contributed by atoms with Gasteiger partial charge in [0.1, 0.15) is 5.02 Å². The van der Waals surface area contributed by atoms with Gasteiger partial charge in [0.25, 0.3) is 5.56 Å². The summed E-state index contributed by atoms with van der Waals surface area (Å²) in [6.07, 6.45) is 2.73. The van der Waals surface area contributed by atoms with Crippen molar-refractivity contribution in [3.8, 4) is 0 Å². The molecule has 2 rings (SSSR count). The fourth-order valence-corrected chi connectivity index (χ4v) is 3.01. The molecule has 1 aliphatic heterocycles. The summed E-state index contributed by atoms with van der Waals surface area (Å²) in [5.41, 5.74) is 6.26. The lowest BCUT2D eigenvalue weighted by molar-refractivity contribution is 0.367. The van der Waals surface area contributed by atoms with Crippen molar-refractivity contribution in [3.63, 3.8) is 0 Å². The van der Waals surface area contributed by atoms with Gasteiger partial charge in [0.15, 0.2) is 0 Å². The summed E-state index contributed by atoms with van der Waals surface area (Å²) < 4.78 is 1.42. The van der Waals surface area contributed by atoms with Gasteiger partial charge in [-0.3, -0.25) is 4.79 Å². The van der Waals surface area contributed by atoms with Gasteiger partial charge >= 0.3 is 0 Å². The molecule has 118 valence electrons. The van der Waals surface area contributed by atoms with Gasteiger partial charge in [0.05, 0.1) is 18.4 Å². The smallest absolute Gasteiger partial charge is 0.287 e. The summed E-state index contributed by atoms with van der Waals surface area (Å²) in [6, 6.07) is 0.329. The number of hydrogen-bond donors (Lipinski definition) is 1. The van der Waals surface area contributed by atoms with Gasteiger partial charge in [-0.05, 0) is 39.9 Å². The lowest BCUT2D eigenvalue weighted by Crippen LogP contribution is -2.33. The number of nitrogens with two attached hydrogens (primary N) is 1. The van der Waals surface area contributed by atoms with E-state index in [1.807, 2.05) is 19.0 Å². The monoisotopic (exact) mass is 313 g/mol. The van der Waals surface area contributed by atoms with Crippen molar-refractivity contribution in [2.45, 2.75) is 25.9 Å². The summed E-state index contributed by atoms with van der Waals surface area (Å²) in [4.78, 5) is 16.5. The van der Waals surface area contributed by atoms with E-state index >= 15 is 0 Å². The first kappa shape index (κ1) is 16.3.